The number of benzene rings is 6. The summed E-state index contributed by atoms with van der Waals surface area (Å²) < 4.78 is 0. The van der Waals surface area contributed by atoms with E-state index in [9.17, 15) is 0 Å². The average Bonchev–Trinajstić information content (AvgIpc) is 3.26. The third kappa shape index (κ3) is 7.30. The van der Waals surface area contributed by atoms with Gasteiger partial charge in [0.2, 0.25) is 0 Å². The second-order valence-corrected chi connectivity index (χ2v) is 24.4. The van der Waals surface area contributed by atoms with Gasteiger partial charge in [-0.2, -0.15) is 0 Å². The minimum Gasteiger partial charge on any atom is -0.311 e. The van der Waals surface area contributed by atoms with E-state index in [0.717, 1.165) is 12.8 Å². The van der Waals surface area contributed by atoms with Crippen molar-refractivity contribution in [2.24, 2.45) is 0 Å². The van der Waals surface area contributed by atoms with Crippen LogP contribution in [0.4, 0.5) is 45.5 Å². The molecule has 348 valence electrons. The average molecular weight is 896 g/mol. The van der Waals surface area contributed by atoms with Crippen LogP contribution < -0.4 is 31.1 Å². The molecule has 6 aromatic carbocycles. The predicted molar refractivity (Wildman–Crippen MR) is 297 cm³/mol. The van der Waals surface area contributed by atoms with Crippen molar-refractivity contribution in [2.45, 2.75) is 158 Å². The highest BCUT2D eigenvalue weighted by molar-refractivity contribution is 7.00. The summed E-state index contributed by atoms with van der Waals surface area (Å²) >= 11 is 0. The third-order valence-corrected chi connectivity index (χ3v) is 16.3. The summed E-state index contributed by atoms with van der Waals surface area (Å²) in [6, 6.07) is 36.5. The zero-order chi connectivity index (χ0) is 48.6. The van der Waals surface area contributed by atoms with Crippen LogP contribution in [0, 0.1) is 41.5 Å². The van der Waals surface area contributed by atoms with Crippen LogP contribution >= 0.6 is 0 Å². The quantitative estimate of drug-likeness (QED) is 0.159. The van der Waals surface area contributed by atoms with Gasteiger partial charge in [0.15, 0.2) is 0 Å². The number of anilines is 8. The number of fused-ring (bicyclic) bond motifs is 5. The van der Waals surface area contributed by atoms with Crippen LogP contribution in [0.2, 0.25) is 0 Å². The number of para-hydroxylation sites is 2. The lowest BCUT2D eigenvalue weighted by atomic mass is 9.33. The first kappa shape index (κ1) is 46.0. The van der Waals surface area contributed by atoms with Crippen molar-refractivity contribution < 1.29 is 0 Å². The van der Waals surface area contributed by atoms with Crippen LogP contribution in [0.25, 0.3) is 0 Å². The highest BCUT2D eigenvalue weighted by atomic mass is 15.2. The number of aryl methyl sites for hydroxylation is 6. The normalized spacial score (nSPS) is 16.8. The standard InChI is InChI=1S/C64H74BN3/c1-39-22-20-23-40(2)58(39)67-53-36-48(66(47-26-18-17-19-27-47)60-43(5)32-45(33-44(60)6)61(7,8)9)28-29-51(53)65-52-37-49-50(64(15,16)31-30-63(49,13)14)38-54(52)68(59-41(3)24-21-25-42(59)4)56-35-46(62(10,11)12)34-55(67)57(56)65/h18,20-29,32-38H,17,19,30-31H2,1-16H3. The molecule has 3 nitrogen and oxygen atoms in total. The molecule has 4 aliphatic rings. The van der Waals surface area contributed by atoms with Crippen molar-refractivity contribution in [2.75, 3.05) is 14.7 Å². The van der Waals surface area contributed by atoms with E-state index in [4.69, 9.17) is 0 Å². The van der Waals surface area contributed by atoms with Crippen molar-refractivity contribution in [3.8, 4) is 0 Å². The topological polar surface area (TPSA) is 9.72 Å². The molecule has 2 aliphatic heterocycles. The molecule has 0 N–H and O–H groups in total. The molecule has 0 spiro atoms. The fraction of sp³-hybridized carbons (Fsp3) is 0.375. The predicted octanol–water partition coefficient (Wildman–Crippen LogP) is 15.9. The van der Waals surface area contributed by atoms with Gasteiger partial charge in [0, 0.05) is 34.1 Å². The lowest BCUT2D eigenvalue weighted by Crippen LogP contribution is -2.62. The highest BCUT2D eigenvalue weighted by Gasteiger charge is 2.48. The largest absolute Gasteiger partial charge is 0.311 e. The van der Waals surface area contributed by atoms with Gasteiger partial charge in [0.25, 0.3) is 6.71 Å². The zero-order valence-electron chi connectivity index (χ0n) is 44.1. The molecule has 0 bridgehead atoms. The molecule has 0 atom stereocenters. The number of nitrogens with zero attached hydrogens (tertiary/aromatic N) is 3. The van der Waals surface area contributed by atoms with E-state index in [1.165, 1.54) is 136 Å². The molecule has 0 saturated carbocycles. The van der Waals surface area contributed by atoms with Crippen LogP contribution in [0.3, 0.4) is 0 Å². The molecule has 0 unspecified atom stereocenters. The summed E-state index contributed by atoms with van der Waals surface area (Å²) in [5, 5.41) is 0. The number of rotatable bonds is 5. The lowest BCUT2D eigenvalue weighted by molar-refractivity contribution is 0.332. The minimum atomic E-state index is -0.116. The van der Waals surface area contributed by atoms with Gasteiger partial charge in [0.1, 0.15) is 0 Å². The first-order valence-electron chi connectivity index (χ1n) is 25.5. The van der Waals surface area contributed by atoms with E-state index in [1.54, 1.807) is 0 Å². The smallest absolute Gasteiger partial charge is 0.252 e. The maximum Gasteiger partial charge on any atom is 0.252 e. The van der Waals surface area contributed by atoms with Gasteiger partial charge >= 0.3 is 0 Å². The summed E-state index contributed by atoms with van der Waals surface area (Å²) in [6.07, 6.45) is 11.6. The van der Waals surface area contributed by atoms with E-state index in [-0.39, 0.29) is 28.4 Å². The molecule has 0 amide bonds. The third-order valence-electron chi connectivity index (χ3n) is 16.3. The molecule has 2 aliphatic carbocycles. The maximum atomic E-state index is 2.70. The van der Waals surface area contributed by atoms with E-state index in [2.05, 4.69) is 235 Å². The molecule has 0 radical (unpaired) electrons. The van der Waals surface area contributed by atoms with Crippen LogP contribution in [0.5, 0.6) is 0 Å². The van der Waals surface area contributed by atoms with E-state index in [0.29, 0.717) is 0 Å². The van der Waals surface area contributed by atoms with Crippen molar-refractivity contribution in [3.63, 3.8) is 0 Å². The fourth-order valence-corrected chi connectivity index (χ4v) is 12.3. The van der Waals surface area contributed by atoms with Crippen molar-refractivity contribution in [1.82, 2.24) is 0 Å². The molecule has 0 fully saturated rings. The van der Waals surface area contributed by atoms with Gasteiger partial charge < -0.3 is 14.7 Å². The summed E-state index contributed by atoms with van der Waals surface area (Å²) in [4.78, 5) is 7.95. The minimum absolute atomic E-state index is 0.0112. The molecule has 4 heteroatoms. The van der Waals surface area contributed by atoms with Gasteiger partial charge in [-0.05, 0) is 197 Å². The SMILES string of the molecule is Cc1cc(C(C)(C)C)cc(C)c1N(C1=CCCC=C1)c1ccc2c(c1)N(c1c(C)cccc1C)c1cc(C(C)(C)C)cc3c1B2c1cc2c(cc1N3c1c(C)cccc1C)C(C)(C)CCC2(C)C. The Morgan fingerprint density at radius 1 is 0.515 bits per heavy atom. The van der Waals surface area contributed by atoms with Crippen LogP contribution in [0.1, 0.15) is 151 Å². The van der Waals surface area contributed by atoms with Crippen molar-refractivity contribution in [3.05, 3.63) is 171 Å². The molecular weight excluding hydrogens is 822 g/mol. The summed E-state index contributed by atoms with van der Waals surface area (Å²) in [7, 11) is 0. The first-order valence-corrected chi connectivity index (χ1v) is 25.5. The fourth-order valence-electron chi connectivity index (χ4n) is 12.3. The van der Waals surface area contributed by atoms with Gasteiger partial charge in [-0.15, -0.1) is 0 Å². The Labute approximate surface area is 410 Å². The highest BCUT2D eigenvalue weighted by Crippen LogP contribution is 2.53. The van der Waals surface area contributed by atoms with E-state index in [1.807, 2.05) is 0 Å². The van der Waals surface area contributed by atoms with Crippen molar-refractivity contribution >= 4 is 68.6 Å². The van der Waals surface area contributed by atoms with Crippen LogP contribution in [-0.2, 0) is 21.7 Å². The molecule has 68 heavy (non-hydrogen) atoms. The Bertz CT molecular complexity index is 3060. The van der Waals surface area contributed by atoms with Gasteiger partial charge in [-0.3, -0.25) is 0 Å². The number of hydrogen-bond donors (Lipinski definition) is 0. The van der Waals surface area contributed by atoms with Gasteiger partial charge in [-0.25, -0.2) is 0 Å². The Kier molecular flexibility index (Phi) is 10.8. The Balaban J connectivity index is 1.35. The number of hydrogen-bond acceptors (Lipinski definition) is 3. The summed E-state index contributed by atoms with van der Waals surface area (Å²) in [6.45, 7) is 37.9. The molecular formula is C64H74BN3. The van der Waals surface area contributed by atoms with Crippen LogP contribution in [-0.4, -0.2) is 6.71 Å². The molecule has 0 aromatic heterocycles. The molecule has 6 aromatic rings. The molecule has 2 heterocycles. The maximum absolute atomic E-state index is 2.70. The molecule has 0 saturated heterocycles. The Hall–Kier alpha value is -5.74. The Morgan fingerprint density at radius 3 is 1.49 bits per heavy atom. The van der Waals surface area contributed by atoms with Gasteiger partial charge in [0.05, 0.1) is 17.1 Å². The summed E-state index contributed by atoms with van der Waals surface area (Å²) in [5.74, 6) is 0. The molecule has 10 rings (SSSR count). The van der Waals surface area contributed by atoms with Gasteiger partial charge in [-0.1, -0.05) is 142 Å². The van der Waals surface area contributed by atoms with Crippen molar-refractivity contribution in [1.29, 1.82) is 0 Å². The number of allylic oxidation sites excluding steroid dienone is 3. The first-order chi connectivity index (χ1) is 32.0. The zero-order valence-corrected chi connectivity index (χ0v) is 44.1. The second kappa shape index (κ2) is 15.9. The van der Waals surface area contributed by atoms with E-state index < -0.39 is 0 Å². The van der Waals surface area contributed by atoms with Crippen LogP contribution in [0.15, 0.2) is 115 Å². The summed E-state index contributed by atoms with van der Waals surface area (Å²) in [5.41, 5.74) is 29.0. The van der Waals surface area contributed by atoms with E-state index >= 15 is 0 Å². The Morgan fingerprint density at radius 2 is 1.00 bits per heavy atom. The lowest BCUT2D eigenvalue weighted by Gasteiger charge is -2.48. The second-order valence-electron chi connectivity index (χ2n) is 24.4. The monoisotopic (exact) mass is 896 g/mol.